The Balaban J connectivity index is 1.98. The fourth-order valence-corrected chi connectivity index (χ4v) is 3.07. The number of phosphoric ester groups is 2. The summed E-state index contributed by atoms with van der Waals surface area (Å²) in [4.78, 5) is 47.6. The summed E-state index contributed by atoms with van der Waals surface area (Å²) in [6, 6.07) is 0. The van der Waals surface area contributed by atoms with Crippen LogP contribution in [-0.4, -0.2) is 59.4 Å². The third-order valence-electron chi connectivity index (χ3n) is 3.53. The van der Waals surface area contributed by atoms with Gasteiger partial charge in [-0.1, -0.05) is 12.2 Å². The van der Waals surface area contributed by atoms with Crippen molar-refractivity contribution in [3.63, 3.8) is 0 Å². The van der Waals surface area contributed by atoms with Crippen molar-refractivity contribution < 1.29 is 37.8 Å². The maximum Gasteiger partial charge on any atom is 0.469 e. The van der Waals surface area contributed by atoms with E-state index < -0.39 is 34.8 Å². The number of aromatic nitrogens is 4. The van der Waals surface area contributed by atoms with Gasteiger partial charge in [-0.25, -0.2) is 24.1 Å². The minimum Gasteiger partial charge on any atom is -0.371 e. The second-order valence-corrected chi connectivity index (χ2v) is 8.17. The average Bonchev–Trinajstić information content (AvgIpc) is 3.01. The molecule has 0 aliphatic heterocycles. The van der Waals surface area contributed by atoms with Crippen LogP contribution < -0.4 is 5.32 Å². The SMILES string of the molecule is CNc1ncnc2c1ncn2C/C=C\CC(COP(=O)(O)O)COP(=O)(O)O. The van der Waals surface area contributed by atoms with Crippen molar-refractivity contribution in [2.75, 3.05) is 25.6 Å². The quantitative estimate of drug-likeness (QED) is 0.244. The Hall–Kier alpha value is -1.69. The van der Waals surface area contributed by atoms with Crippen molar-refractivity contribution in [3.8, 4) is 0 Å². The second-order valence-electron chi connectivity index (χ2n) is 5.69. The largest absolute Gasteiger partial charge is 0.469 e. The average molecular weight is 437 g/mol. The van der Waals surface area contributed by atoms with Gasteiger partial charge in [-0.3, -0.25) is 9.05 Å². The van der Waals surface area contributed by atoms with Gasteiger partial charge in [0, 0.05) is 19.5 Å². The number of imidazole rings is 1. The van der Waals surface area contributed by atoms with Gasteiger partial charge >= 0.3 is 15.6 Å². The fourth-order valence-electron chi connectivity index (χ4n) is 2.26. The third kappa shape index (κ3) is 7.38. The molecule has 0 saturated carbocycles. The minimum absolute atomic E-state index is 0.212. The molecule has 0 aromatic carbocycles. The molecule has 13 nitrogen and oxygen atoms in total. The smallest absolute Gasteiger partial charge is 0.371 e. The maximum absolute atomic E-state index is 10.8. The zero-order valence-electron chi connectivity index (χ0n) is 14.8. The Morgan fingerprint density at radius 1 is 1.11 bits per heavy atom. The van der Waals surface area contributed by atoms with Crippen LogP contribution in [0.15, 0.2) is 24.8 Å². The first-order chi connectivity index (χ1) is 13.1. The number of nitrogens with zero attached hydrogens (tertiary/aromatic N) is 4. The summed E-state index contributed by atoms with van der Waals surface area (Å²) < 4.78 is 32.2. The summed E-state index contributed by atoms with van der Waals surface area (Å²) in [5, 5.41) is 2.92. The molecule has 2 heterocycles. The molecule has 5 N–H and O–H groups in total. The highest BCUT2D eigenvalue weighted by molar-refractivity contribution is 7.46. The van der Waals surface area contributed by atoms with E-state index in [0.717, 1.165) is 0 Å². The standard InChI is InChI=1S/C13H21N5O8P2/c1-14-12-11-13(16-8-15-12)18(9-17-11)5-3-2-4-10(6-25-27(19,20)21)7-26-28(22,23)24/h2-3,8-10H,4-7H2,1H3,(H,14,15,16)(H2,19,20,21)(H2,22,23,24)/b3-2-. The summed E-state index contributed by atoms with van der Waals surface area (Å²) in [7, 11) is -7.69. The minimum atomic E-state index is -4.70. The van der Waals surface area contributed by atoms with Gasteiger partial charge in [0.15, 0.2) is 11.5 Å². The van der Waals surface area contributed by atoms with E-state index in [1.807, 2.05) is 0 Å². The van der Waals surface area contributed by atoms with E-state index in [4.69, 9.17) is 19.6 Å². The molecule has 0 bridgehead atoms. The molecule has 2 aromatic rings. The molecule has 0 atom stereocenters. The van der Waals surface area contributed by atoms with Gasteiger partial charge in [-0.2, -0.15) is 0 Å². The van der Waals surface area contributed by atoms with Crippen LogP contribution in [0.1, 0.15) is 6.42 Å². The van der Waals surface area contributed by atoms with E-state index >= 15 is 0 Å². The number of allylic oxidation sites excluding steroid dienone is 2. The van der Waals surface area contributed by atoms with Gasteiger partial charge < -0.3 is 29.5 Å². The molecule has 0 aliphatic rings. The number of hydrogen-bond acceptors (Lipinski definition) is 8. The number of phosphoric acid groups is 2. The molecule has 0 saturated heterocycles. The molecule has 2 aromatic heterocycles. The zero-order chi connectivity index (χ0) is 20.8. The molecule has 156 valence electrons. The van der Waals surface area contributed by atoms with Crippen molar-refractivity contribution in [3.05, 3.63) is 24.8 Å². The summed E-state index contributed by atoms with van der Waals surface area (Å²) in [6.45, 7) is -0.454. The van der Waals surface area contributed by atoms with E-state index in [1.165, 1.54) is 6.33 Å². The molecular weight excluding hydrogens is 416 g/mol. The topological polar surface area (TPSA) is 189 Å². The van der Waals surface area contributed by atoms with Crippen molar-refractivity contribution in [1.82, 2.24) is 19.5 Å². The first-order valence-corrected chi connectivity index (χ1v) is 11.0. The third-order valence-corrected chi connectivity index (χ3v) is 4.50. The number of fused-ring (bicyclic) bond motifs is 1. The van der Waals surface area contributed by atoms with E-state index in [2.05, 4.69) is 29.3 Å². The highest BCUT2D eigenvalue weighted by Gasteiger charge is 2.21. The monoisotopic (exact) mass is 437 g/mol. The highest BCUT2D eigenvalue weighted by atomic mass is 31.2. The van der Waals surface area contributed by atoms with Crippen LogP contribution in [0.5, 0.6) is 0 Å². The predicted octanol–water partition coefficient (Wildman–Crippen LogP) is 0.649. The number of rotatable bonds is 11. The van der Waals surface area contributed by atoms with Crippen LogP contribution in [0.25, 0.3) is 11.2 Å². The lowest BCUT2D eigenvalue weighted by Gasteiger charge is -2.16. The van der Waals surface area contributed by atoms with Crippen LogP contribution >= 0.6 is 15.6 Å². The van der Waals surface area contributed by atoms with E-state index in [9.17, 15) is 9.13 Å². The van der Waals surface area contributed by atoms with Gasteiger partial charge in [0.1, 0.15) is 11.8 Å². The van der Waals surface area contributed by atoms with Gasteiger partial charge in [0.2, 0.25) is 0 Å². The molecule has 0 radical (unpaired) electrons. The normalized spacial score (nSPS) is 13.1. The van der Waals surface area contributed by atoms with E-state index in [-0.39, 0.29) is 6.42 Å². The Bertz CT molecular complexity index is 881. The second kappa shape index (κ2) is 9.68. The first kappa shape index (κ1) is 22.6. The summed E-state index contributed by atoms with van der Waals surface area (Å²) in [5.41, 5.74) is 1.23. The fraction of sp³-hybridized carbons (Fsp3) is 0.462. The summed E-state index contributed by atoms with van der Waals surface area (Å²) in [6.07, 6.45) is 6.65. The highest BCUT2D eigenvalue weighted by Crippen LogP contribution is 2.39. The summed E-state index contributed by atoms with van der Waals surface area (Å²) in [5.74, 6) is -0.0776. The lowest BCUT2D eigenvalue weighted by molar-refractivity contribution is 0.119. The molecular formula is C13H21N5O8P2. The molecule has 0 fully saturated rings. The molecule has 0 spiro atoms. The van der Waals surface area contributed by atoms with Gasteiger partial charge in [0.05, 0.1) is 19.5 Å². The lowest BCUT2D eigenvalue weighted by atomic mass is 10.1. The molecule has 0 aliphatic carbocycles. The van der Waals surface area contributed by atoms with Gasteiger partial charge in [-0.15, -0.1) is 0 Å². The molecule has 2 rings (SSSR count). The zero-order valence-corrected chi connectivity index (χ0v) is 16.6. The van der Waals surface area contributed by atoms with Gasteiger partial charge in [-0.05, 0) is 6.42 Å². The van der Waals surface area contributed by atoms with Crippen molar-refractivity contribution in [2.24, 2.45) is 5.92 Å². The van der Waals surface area contributed by atoms with Crippen molar-refractivity contribution >= 4 is 32.6 Å². The maximum atomic E-state index is 10.8. The Morgan fingerprint density at radius 2 is 1.75 bits per heavy atom. The lowest BCUT2D eigenvalue weighted by Crippen LogP contribution is -2.14. The van der Waals surface area contributed by atoms with Crippen LogP contribution in [0.4, 0.5) is 5.82 Å². The molecule has 15 heteroatoms. The van der Waals surface area contributed by atoms with Crippen LogP contribution in [0, 0.1) is 5.92 Å². The number of nitrogens with one attached hydrogen (secondary N) is 1. The number of hydrogen-bond donors (Lipinski definition) is 5. The van der Waals surface area contributed by atoms with Crippen molar-refractivity contribution in [1.29, 1.82) is 0 Å². The van der Waals surface area contributed by atoms with Crippen LogP contribution in [-0.2, 0) is 24.7 Å². The van der Waals surface area contributed by atoms with Crippen LogP contribution in [0.2, 0.25) is 0 Å². The molecule has 0 unspecified atom stereocenters. The molecule has 0 amide bonds. The van der Waals surface area contributed by atoms with E-state index in [0.29, 0.717) is 23.5 Å². The Labute approximate surface area is 159 Å². The van der Waals surface area contributed by atoms with Crippen LogP contribution in [0.3, 0.4) is 0 Å². The summed E-state index contributed by atoms with van der Waals surface area (Å²) >= 11 is 0. The van der Waals surface area contributed by atoms with Crippen molar-refractivity contribution in [2.45, 2.75) is 13.0 Å². The van der Waals surface area contributed by atoms with E-state index in [1.54, 1.807) is 30.1 Å². The Kier molecular flexibility index (Phi) is 7.81. The molecule has 28 heavy (non-hydrogen) atoms. The van der Waals surface area contributed by atoms with Gasteiger partial charge in [0.25, 0.3) is 0 Å². The predicted molar refractivity (Wildman–Crippen MR) is 98.1 cm³/mol. The first-order valence-electron chi connectivity index (χ1n) is 7.98. The number of anilines is 1. The Morgan fingerprint density at radius 3 is 2.32 bits per heavy atom.